The van der Waals surface area contributed by atoms with E-state index in [2.05, 4.69) is 31.2 Å². The van der Waals surface area contributed by atoms with E-state index in [4.69, 9.17) is 17.0 Å². The molecule has 2 aromatic heterocycles. The molecule has 0 spiro atoms. The van der Waals surface area contributed by atoms with Gasteiger partial charge in [0, 0.05) is 30.2 Å². The van der Waals surface area contributed by atoms with Crippen LogP contribution in [0.4, 0.5) is 11.4 Å². The number of benzene rings is 2. The smallest absolute Gasteiger partial charge is 0.221 e. The van der Waals surface area contributed by atoms with Gasteiger partial charge in [-0.25, -0.2) is 0 Å². The van der Waals surface area contributed by atoms with Crippen LogP contribution in [0.1, 0.15) is 41.7 Å². The van der Waals surface area contributed by atoms with Crippen LogP contribution in [-0.4, -0.2) is 32.8 Å². The first-order chi connectivity index (χ1) is 18.3. The van der Waals surface area contributed by atoms with Gasteiger partial charge in [-0.1, -0.05) is 18.2 Å². The SMILES string of the molecule is COc1ccc(N2C(=S)N[C@@H](c3ccccn3)[C@@H]2c2cc(C)n(-c3ccccc3O)c2C)cc1NC(C)=O. The van der Waals surface area contributed by atoms with Crippen LogP contribution in [-0.2, 0) is 4.79 Å². The molecule has 1 saturated heterocycles. The Morgan fingerprint density at radius 3 is 2.55 bits per heavy atom. The second-order valence-electron chi connectivity index (χ2n) is 9.21. The summed E-state index contributed by atoms with van der Waals surface area (Å²) in [7, 11) is 1.57. The van der Waals surface area contributed by atoms with Gasteiger partial charge in [0.15, 0.2) is 5.11 Å². The molecule has 9 heteroatoms. The van der Waals surface area contributed by atoms with Crippen LogP contribution in [0.2, 0.25) is 0 Å². The number of nitrogens with one attached hydrogen (secondary N) is 2. The van der Waals surface area contributed by atoms with Gasteiger partial charge in [0.05, 0.1) is 36.3 Å². The Morgan fingerprint density at radius 1 is 1.11 bits per heavy atom. The molecule has 0 saturated carbocycles. The number of amides is 1. The molecular weight excluding hydrogens is 498 g/mol. The number of nitrogens with zero attached hydrogens (tertiary/aromatic N) is 3. The largest absolute Gasteiger partial charge is 0.506 e. The fraction of sp³-hybridized carbons (Fsp3) is 0.207. The van der Waals surface area contributed by atoms with Crippen molar-refractivity contribution in [1.82, 2.24) is 14.9 Å². The number of aromatic nitrogens is 2. The van der Waals surface area contributed by atoms with Gasteiger partial charge >= 0.3 is 0 Å². The monoisotopic (exact) mass is 527 g/mol. The van der Waals surface area contributed by atoms with Crippen molar-refractivity contribution in [2.24, 2.45) is 0 Å². The molecule has 194 valence electrons. The topological polar surface area (TPSA) is 91.7 Å². The molecule has 0 radical (unpaired) electrons. The van der Waals surface area contributed by atoms with Gasteiger partial charge in [-0.2, -0.15) is 0 Å². The van der Waals surface area contributed by atoms with Crippen LogP contribution < -0.4 is 20.3 Å². The first-order valence-electron chi connectivity index (χ1n) is 12.2. The maximum atomic E-state index is 11.9. The van der Waals surface area contributed by atoms with E-state index in [-0.39, 0.29) is 23.7 Å². The van der Waals surface area contributed by atoms with Gasteiger partial charge in [-0.05, 0) is 80.2 Å². The Bertz CT molecular complexity index is 1520. The molecule has 0 unspecified atom stereocenters. The summed E-state index contributed by atoms with van der Waals surface area (Å²) in [4.78, 5) is 18.6. The third kappa shape index (κ3) is 4.45. The van der Waals surface area contributed by atoms with E-state index in [0.717, 1.165) is 28.3 Å². The number of para-hydroxylation sites is 2. The predicted octanol–water partition coefficient (Wildman–Crippen LogP) is 5.34. The van der Waals surface area contributed by atoms with Gasteiger partial charge in [0.25, 0.3) is 0 Å². The summed E-state index contributed by atoms with van der Waals surface area (Å²) in [6, 6.07) is 20.4. The molecule has 0 bridgehead atoms. The second kappa shape index (κ2) is 10.2. The number of carbonyl (C=O) groups is 1. The van der Waals surface area contributed by atoms with Crippen LogP contribution >= 0.6 is 12.2 Å². The van der Waals surface area contributed by atoms with Crippen molar-refractivity contribution in [2.45, 2.75) is 32.9 Å². The minimum absolute atomic E-state index is 0.198. The summed E-state index contributed by atoms with van der Waals surface area (Å²) >= 11 is 5.89. The highest BCUT2D eigenvalue weighted by atomic mass is 32.1. The van der Waals surface area contributed by atoms with Gasteiger partial charge in [0.2, 0.25) is 5.91 Å². The zero-order chi connectivity index (χ0) is 27.0. The van der Waals surface area contributed by atoms with E-state index >= 15 is 0 Å². The molecule has 5 rings (SSSR count). The fourth-order valence-corrected chi connectivity index (χ4v) is 5.54. The van der Waals surface area contributed by atoms with E-state index in [9.17, 15) is 9.90 Å². The third-order valence-corrected chi connectivity index (χ3v) is 7.10. The summed E-state index contributed by atoms with van der Waals surface area (Å²) in [6.07, 6.45) is 1.77. The molecule has 8 nitrogen and oxygen atoms in total. The Hall–Kier alpha value is -4.37. The van der Waals surface area contributed by atoms with Crippen molar-refractivity contribution < 1.29 is 14.6 Å². The lowest BCUT2D eigenvalue weighted by molar-refractivity contribution is -0.114. The number of thiocarbonyl (C=S) groups is 1. The summed E-state index contributed by atoms with van der Waals surface area (Å²) in [5, 5.41) is 17.5. The molecule has 3 N–H and O–H groups in total. The standard InChI is InChI=1S/C29H29N5O3S/c1-17-15-21(18(2)33(17)24-10-5-6-11-25(24)36)28-27(22-9-7-8-14-30-22)32-29(38)34(28)20-12-13-26(37-4)23(16-20)31-19(3)35/h5-16,27-28,36H,1-4H3,(H,31,35)(H,32,38)/t27-,28-/m0/s1. The number of phenols is 1. The van der Waals surface area contributed by atoms with Crippen molar-refractivity contribution >= 4 is 34.6 Å². The first kappa shape index (κ1) is 25.3. The normalized spacial score (nSPS) is 16.8. The van der Waals surface area contributed by atoms with E-state index in [0.29, 0.717) is 22.2 Å². The van der Waals surface area contributed by atoms with Gasteiger partial charge in [0.1, 0.15) is 11.5 Å². The Kier molecular flexibility index (Phi) is 6.77. The van der Waals surface area contributed by atoms with Crippen LogP contribution in [0.5, 0.6) is 11.5 Å². The van der Waals surface area contributed by atoms with Gasteiger partial charge < -0.3 is 29.9 Å². The molecule has 38 heavy (non-hydrogen) atoms. The molecular formula is C29H29N5O3S. The number of hydrogen-bond acceptors (Lipinski definition) is 5. The number of rotatable bonds is 6. The first-order valence-corrected chi connectivity index (χ1v) is 12.6. The minimum Gasteiger partial charge on any atom is -0.506 e. The molecule has 3 heterocycles. The summed E-state index contributed by atoms with van der Waals surface area (Å²) in [6.45, 7) is 5.52. The number of pyridine rings is 1. The van der Waals surface area contributed by atoms with Crippen LogP contribution in [0, 0.1) is 13.8 Å². The molecule has 0 aliphatic carbocycles. The van der Waals surface area contributed by atoms with Crippen LogP contribution in [0.25, 0.3) is 5.69 Å². The zero-order valence-corrected chi connectivity index (χ0v) is 22.4. The number of ether oxygens (including phenoxy) is 1. The number of carbonyl (C=O) groups excluding carboxylic acids is 1. The van der Waals surface area contributed by atoms with Crippen LogP contribution in [0.3, 0.4) is 0 Å². The third-order valence-electron chi connectivity index (χ3n) is 6.78. The van der Waals surface area contributed by atoms with E-state index in [1.165, 1.54) is 6.92 Å². The summed E-state index contributed by atoms with van der Waals surface area (Å²) in [5.41, 5.74) is 5.90. The summed E-state index contributed by atoms with van der Waals surface area (Å²) < 4.78 is 7.52. The average molecular weight is 528 g/mol. The molecule has 1 fully saturated rings. The predicted molar refractivity (Wildman–Crippen MR) is 152 cm³/mol. The highest BCUT2D eigenvalue weighted by Crippen LogP contribution is 2.45. The molecule has 2 aromatic carbocycles. The average Bonchev–Trinajstić information content (AvgIpc) is 3.39. The lowest BCUT2D eigenvalue weighted by Crippen LogP contribution is -2.29. The van der Waals surface area contributed by atoms with Crippen molar-refractivity contribution in [3.8, 4) is 17.2 Å². The molecule has 4 aromatic rings. The van der Waals surface area contributed by atoms with Crippen molar-refractivity contribution in [3.63, 3.8) is 0 Å². The van der Waals surface area contributed by atoms with Crippen molar-refractivity contribution in [2.75, 3.05) is 17.3 Å². The second-order valence-corrected chi connectivity index (χ2v) is 9.60. The van der Waals surface area contributed by atoms with Crippen molar-refractivity contribution in [1.29, 1.82) is 0 Å². The highest BCUT2D eigenvalue weighted by molar-refractivity contribution is 7.80. The molecule has 1 aliphatic rings. The minimum atomic E-state index is -0.262. The molecule has 2 atom stereocenters. The number of aromatic hydroxyl groups is 1. The maximum Gasteiger partial charge on any atom is 0.221 e. The quantitative estimate of drug-likeness (QED) is 0.292. The Balaban J connectivity index is 1.69. The maximum absolute atomic E-state index is 11.9. The van der Waals surface area contributed by atoms with E-state index in [1.807, 2.05) is 68.4 Å². The Morgan fingerprint density at radius 2 is 1.87 bits per heavy atom. The lowest BCUT2D eigenvalue weighted by Gasteiger charge is -2.29. The number of hydrogen-bond donors (Lipinski definition) is 3. The van der Waals surface area contributed by atoms with Gasteiger partial charge in [-0.15, -0.1) is 0 Å². The number of phenolic OH excluding ortho intramolecular Hbond substituents is 1. The van der Waals surface area contributed by atoms with Crippen LogP contribution in [0.15, 0.2) is 72.9 Å². The number of anilines is 2. The highest BCUT2D eigenvalue weighted by Gasteiger charge is 2.42. The summed E-state index contributed by atoms with van der Waals surface area (Å²) in [5.74, 6) is 0.559. The lowest BCUT2D eigenvalue weighted by atomic mass is 9.96. The number of methoxy groups -OCH3 is 1. The van der Waals surface area contributed by atoms with Gasteiger partial charge in [-0.3, -0.25) is 9.78 Å². The van der Waals surface area contributed by atoms with Crippen molar-refractivity contribution in [3.05, 3.63) is 95.6 Å². The van der Waals surface area contributed by atoms with E-state index in [1.54, 1.807) is 19.4 Å². The number of aryl methyl sites for hydroxylation is 1. The van der Waals surface area contributed by atoms with E-state index < -0.39 is 0 Å². The fourth-order valence-electron chi connectivity index (χ4n) is 5.19. The Labute approximate surface area is 226 Å². The zero-order valence-electron chi connectivity index (χ0n) is 21.6. The molecule has 1 amide bonds. The molecule has 1 aliphatic heterocycles.